The second-order valence-corrected chi connectivity index (χ2v) is 7.35. The molecule has 0 radical (unpaired) electrons. The number of likely N-dealkylation sites (N-methyl/N-ethyl adjacent to an activating group) is 1. The van der Waals surface area contributed by atoms with Crippen molar-refractivity contribution in [3.63, 3.8) is 0 Å². The van der Waals surface area contributed by atoms with Gasteiger partial charge in [-0.15, -0.1) is 0 Å². The minimum atomic E-state index is -3.51. The van der Waals surface area contributed by atoms with Gasteiger partial charge in [0.2, 0.25) is 0 Å². The summed E-state index contributed by atoms with van der Waals surface area (Å²) in [5.41, 5.74) is 0. The number of hydrogen-bond donors (Lipinski definition) is 1. The average molecular weight is 314 g/mol. The maximum absolute atomic E-state index is 11.7. The molecule has 0 atom stereocenters. The third kappa shape index (κ3) is 5.59. The first-order valence-corrected chi connectivity index (χ1v) is 7.93. The van der Waals surface area contributed by atoms with E-state index in [1.165, 1.54) is 6.20 Å². The Morgan fingerprint density at radius 2 is 2.22 bits per heavy atom. The van der Waals surface area contributed by atoms with Gasteiger partial charge < -0.3 is 9.64 Å². The van der Waals surface area contributed by atoms with E-state index in [2.05, 4.69) is 9.71 Å². The van der Waals surface area contributed by atoms with E-state index in [1.54, 1.807) is 0 Å². The molecule has 104 valence electrons. The number of nitrogens with zero attached hydrogens (tertiary/aromatic N) is 2. The van der Waals surface area contributed by atoms with Crippen LogP contribution < -0.4 is 4.72 Å². The average Bonchev–Trinajstić information content (AvgIpc) is 2.70. The first-order chi connectivity index (χ1) is 8.42. The summed E-state index contributed by atoms with van der Waals surface area (Å²) in [6.45, 7) is 1.93. The van der Waals surface area contributed by atoms with Crippen LogP contribution in [0.15, 0.2) is 10.4 Å². The molecular weight excluding hydrogens is 298 g/mol. The molecule has 1 N–H and O–H groups in total. The minimum Gasteiger partial charge on any atom is -0.379 e. The monoisotopic (exact) mass is 313 g/mol. The zero-order chi connectivity index (χ0) is 13.6. The van der Waals surface area contributed by atoms with E-state index in [0.717, 1.165) is 17.9 Å². The summed E-state index contributed by atoms with van der Waals surface area (Å²) >= 11 is 6.51. The van der Waals surface area contributed by atoms with Gasteiger partial charge in [0.1, 0.15) is 0 Å². The maximum atomic E-state index is 11.7. The second-order valence-electron chi connectivity index (χ2n) is 3.75. The largest absolute Gasteiger partial charge is 0.379 e. The Bertz CT molecular complexity index is 461. The van der Waals surface area contributed by atoms with Gasteiger partial charge in [0.25, 0.3) is 10.0 Å². The number of rotatable bonds is 8. The van der Waals surface area contributed by atoms with Crippen LogP contribution in [0.5, 0.6) is 0 Å². The molecular formula is C9H16ClN3O3S2. The van der Waals surface area contributed by atoms with Gasteiger partial charge in [0, 0.05) is 13.1 Å². The van der Waals surface area contributed by atoms with Gasteiger partial charge >= 0.3 is 0 Å². The van der Waals surface area contributed by atoms with Crippen LogP contribution >= 0.6 is 22.9 Å². The molecule has 0 saturated carbocycles. The fourth-order valence-corrected chi connectivity index (χ4v) is 3.38. The highest BCUT2D eigenvalue weighted by Gasteiger charge is 2.16. The molecule has 1 aromatic heterocycles. The van der Waals surface area contributed by atoms with Gasteiger partial charge in [-0.2, -0.15) is 0 Å². The van der Waals surface area contributed by atoms with Crippen molar-refractivity contribution in [2.75, 3.05) is 40.4 Å². The molecule has 1 aromatic rings. The summed E-state index contributed by atoms with van der Waals surface area (Å²) < 4.78 is 31.5. The topological polar surface area (TPSA) is 71.5 Å². The van der Waals surface area contributed by atoms with Crippen molar-refractivity contribution in [3.05, 3.63) is 10.7 Å². The molecule has 0 aromatic carbocycles. The lowest BCUT2D eigenvalue weighted by Crippen LogP contribution is -2.28. The Kier molecular flexibility index (Phi) is 6.47. The van der Waals surface area contributed by atoms with Crippen LogP contribution in [0.25, 0.3) is 0 Å². The number of halogens is 1. The zero-order valence-corrected chi connectivity index (χ0v) is 12.6. The van der Waals surface area contributed by atoms with Gasteiger partial charge in [-0.1, -0.05) is 22.9 Å². The molecule has 0 aliphatic heterocycles. The lowest BCUT2D eigenvalue weighted by atomic mass is 10.6. The predicted octanol–water partition coefficient (Wildman–Crippen LogP) is 0.653. The van der Waals surface area contributed by atoms with Gasteiger partial charge in [-0.3, -0.25) is 0 Å². The first kappa shape index (κ1) is 15.8. The highest BCUT2D eigenvalue weighted by atomic mass is 35.5. The van der Waals surface area contributed by atoms with Crippen molar-refractivity contribution < 1.29 is 13.2 Å². The summed E-state index contributed by atoms with van der Waals surface area (Å²) in [5.74, 6) is 0. The fourth-order valence-electron chi connectivity index (χ4n) is 1.03. The molecule has 0 aliphatic rings. The standard InChI is InChI=1S/C9H16ClN3O3S2/c1-13(2)4-6-16-5-3-12-18(14,15)8-7-11-9(10)17-8/h7,12H,3-6H2,1-2H3. The molecule has 0 fully saturated rings. The number of hydrogen-bond acceptors (Lipinski definition) is 6. The minimum absolute atomic E-state index is 0.112. The summed E-state index contributed by atoms with van der Waals surface area (Å²) in [7, 11) is 0.376. The molecule has 1 rings (SSSR count). The van der Waals surface area contributed by atoms with E-state index < -0.39 is 10.0 Å². The van der Waals surface area contributed by atoms with Gasteiger partial charge in [-0.05, 0) is 14.1 Å². The van der Waals surface area contributed by atoms with Gasteiger partial charge in [0.05, 0.1) is 19.4 Å². The number of aromatic nitrogens is 1. The molecule has 0 aliphatic carbocycles. The van der Waals surface area contributed by atoms with Crippen molar-refractivity contribution in [2.45, 2.75) is 4.21 Å². The van der Waals surface area contributed by atoms with Crippen molar-refractivity contribution in [2.24, 2.45) is 0 Å². The maximum Gasteiger partial charge on any atom is 0.251 e. The van der Waals surface area contributed by atoms with Crippen LogP contribution in [0.3, 0.4) is 0 Å². The Balaban J connectivity index is 2.26. The molecule has 0 unspecified atom stereocenters. The van der Waals surface area contributed by atoms with Crippen LogP contribution in [0.2, 0.25) is 4.47 Å². The van der Waals surface area contributed by atoms with E-state index >= 15 is 0 Å². The van der Waals surface area contributed by atoms with Crippen LogP contribution in [-0.2, 0) is 14.8 Å². The molecule has 1 heterocycles. The lowest BCUT2D eigenvalue weighted by molar-refractivity contribution is 0.122. The highest BCUT2D eigenvalue weighted by molar-refractivity contribution is 7.91. The normalized spacial score (nSPS) is 12.2. The Labute approximate surface area is 116 Å². The van der Waals surface area contributed by atoms with Crippen LogP contribution in [0.4, 0.5) is 0 Å². The number of ether oxygens (including phenoxy) is 1. The van der Waals surface area contributed by atoms with E-state index in [1.807, 2.05) is 19.0 Å². The molecule has 9 heteroatoms. The fraction of sp³-hybridized carbons (Fsp3) is 0.667. The lowest BCUT2D eigenvalue weighted by Gasteiger charge is -2.10. The molecule has 0 bridgehead atoms. The van der Waals surface area contributed by atoms with Crippen LogP contribution in [0, 0.1) is 0 Å². The van der Waals surface area contributed by atoms with Gasteiger partial charge in [0.15, 0.2) is 8.68 Å². The third-order valence-corrected chi connectivity index (χ3v) is 4.98. The van der Waals surface area contributed by atoms with E-state index in [0.29, 0.717) is 13.2 Å². The quantitative estimate of drug-likeness (QED) is 0.714. The Morgan fingerprint density at radius 1 is 1.50 bits per heavy atom. The first-order valence-electron chi connectivity index (χ1n) is 5.25. The zero-order valence-electron chi connectivity index (χ0n) is 10.2. The second kappa shape index (κ2) is 7.37. The summed E-state index contributed by atoms with van der Waals surface area (Å²) in [6.07, 6.45) is 1.24. The molecule has 0 saturated heterocycles. The van der Waals surface area contributed by atoms with Crippen LogP contribution in [-0.4, -0.2) is 58.7 Å². The number of thiazole rings is 1. The number of sulfonamides is 1. The summed E-state index contributed by atoms with van der Waals surface area (Å²) in [4.78, 5) is 5.68. The van der Waals surface area contributed by atoms with Crippen molar-refractivity contribution >= 4 is 33.0 Å². The summed E-state index contributed by atoms with van der Waals surface area (Å²) in [5, 5.41) is 0. The van der Waals surface area contributed by atoms with E-state index in [4.69, 9.17) is 16.3 Å². The van der Waals surface area contributed by atoms with Gasteiger partial charge in [-0.25, -0.2) is 18.1 Å². The predicted molar refractivity (Wildman–Crippen MR) is 71.7 cm³/mol. The molecule has 0 amide bonds. The van der Waals surface area contributed by atoms with Crippen molar-refractivity contribution in [3.8, 4) is 0 Å². The molecule has 6 nitrogen and oxygen atoms in total. The van der Waals surface area contributed by atoms with Crippen molar-refractivity contribution in [1.29, 1.82) is 0 Å². The van der Waals surface area contributed by atoms with Crippen molar-refractivity contribution in [1.82, 2.24) is 14.6 Å². The Hall–Kier alpha value is -0.250. The SMILES string of the molecule is CN(C)CCOCCNS(=O)(=O)c1cnc(Cl)s1. The summed E-state index contributed by atoms with van der Waals surface area (Å²) in [6, 6.07) is 0. The Morgan fingerprint density at radius 3 is 2.78 bits per heavy atom. The third-order valence-electron chi connectivity index (χ3n) is 1.94. The molecule has 18 heavy (non-hydrogen) atoms. The molecule has 0 spiro atoms. The smallest absolute Gasteiger partial charge is 0.251 e. The van der Waals surface area contributed by atoms with Crippen LogP contribution in [0.1, 0.15) is 0 Å². The van der Waals surface area contributed by atoms with E-state index in [-0.39, 0.29) is 15.2 Å². The number of nitrogens with one attached hydrogen (secondary N) is 1. The highest BCUT2D eigenvalue weighted by Crippen LogP contribution is 2.21. The van der Waals surface area contributed by atoms with E-state index in [9.17, 15) is 8.42 Å².